The summed E-state index contributed by atoms with van der Waals surface area (Å²) in [7, 11) is 0. The maximum absolute atomic E-state index is 10.2. The van der Waals surface area contributed by atoms with Gasteiger partial charge in [-0.3, -0.25) is 4.79 Å². The normalized spacial score (nSPS) is 8.57. The van der Waals surface area contributed by atoms with Gasteiger partial charge in [0.25, 0.3) is 4.74 Å². The lowest BCUT2D eigenvalue weighted by molar-refractivity contribution is 1.12. The van der Waals surface area contributed by atoms with Crippen LogP contribution in [0.5, 0.6) is 0 Å². The van der Waals surface area contributed by atoms with Crippen molar-refractivity contribution in [2.75, 3.05) is 0 Å². The Bertz CT molecular complexity index is 179. The van der Waals surface area contributed by atoms with Gasteiger partial charge >= 0.3 is 0 Å². The second-order valence-corrected chi connectivity index (χ2v) is 1.67. The molecule has 0 spiro atoms. The zero-order valence-corrected chi connectivity index (χ0v) is 4.18. The highest BCUT2D eigenvalue weighted by Crippen LogP contribution is 1.67. The fourth-order valence-corrected chi connectivity index (χ4v) is 0.519. The van der Waals surface area contributed by atoms with E-state index >= 15 is 0 Å². The van der Waals surface area contributed by atoms with Crippen molar-refractivity contribution in [3.63, 3.8) is 0 Å². The smallest absolute Gasteiger partial charge is 0.253 e. The molecule has 1 heterocycles. The lowest BCUT2D eigenvalue weighted by atomic mass is 10.8. The zero-order chi connectivity index (χ0) is 5.11. The van der Waals surface area contributed by atoms with Crippen molar-refractivity contribution in [3.8, 4) is 0 Å². The maximum atomic E-state index is 10.2. The molecule has 0 radical (unpaired) electrons. The molecule has 0 saturated carbocycles. The highest BCUT2D eigenvalue weighted by Gasteiger charge is 1.74. The van der Waals surface area contributed by atoms with Gasteiger partial charge in [0.15, 0.2) is 0 Å². The maximum Gasteiger partial charge on any atom is 0.253 e. The molecule has 0 aromatic carbocycles. The molecule has 0 saturated heterocycles. The Balaban J connectivity index is 3.28. The van der Waals surface area contributed by atoms with Crippen molar-refractivity contribution < 1.29 is 0 Å². The largest absolute Gasteiger partial charge is 0.276 e. The summed E-state index contributed by atoms with van der Waals surface area (Å²) >= 11 is 0.851. The fourth-order valence-electron chi connectivity index (χ4n) is 0.216. The second kappa shape index (κ2) is 1.79. The first-order valence-corrected chi connectivity index (χ1v) is 2.44. The SMILES string of the molecule is O=c1ccnns1. The Morgan fingerprint density at radius 3 is 2.86 bits per heavy atom. The van der Waals surface area contributed by atoms with Gasteiger partial charge in [-0.1, -0.05) is 4.49 Å². The van der Waals surface area contributed by atoms with Crippen molar-refractivity contribution in [2.45, 2.75) is 0 Å². The molecule has 0 amide bonds. The first kappa shape index (κ1) is 4.39. The molecule has 0 aliphatic carbocycles. The van der Waals surface area contributed by atoms with Crippen LogP contribution in [0.4, 0.5) is 0 Å². The number of hydrogen-bond donors (Lipinski definition) is 0. The van der Waals surface area contributed by atoms with E-state index in [-0.39, 0.29) is 4.74 Å². The van der Waals surface area contributed by atoms with E-state index in [9.17, 15) is 4.79 Å². The van der Waals surface area contributed by atoms with Crippen molar-refractivity contribution in [2.24, 2.45) is 0 Å². The third-order valence-corrected chi connectivity index (χ3v) is 0.947. The Morgan fingerprint density at radius 2 is 2.57 bits per heavy atom. The molecular weight excluding hydrogens is 112 g/mol. The predicted octanol–water partition coefficient (Wildman–Crippen LogP) is -0.102. The van der Waals surface area contributed by atoms with Gasteiger partial charge in [-0.05, 0) is 0 Å². The molecule has 3 nitrogen and oxygen atoms in total. The van der Waals surface area contributed by atoms with Gasteiger partial charge in [0, 0.05) is 17.6 Å². The molecule has 1 aromatic rings. The van der Waals surface area contributed by atoms with E-state index in [4.69, 9.17) is 0 Å². The average molecular weight is 114 g/mol. The lowest BCUT2D eigenvalue weighted by Crippen LogP contribution is -1.90. The summed E-state index contributed by atoms with van der Waals surface area (Å²) in [6.07, 6.45) is 1.37. The number of nitrogens with zero attached hydrogens (tertiary/aromatic N) is 2. The molecule has 0 bridgehead atoms. The second-order valence-electron chi connectivity index (χ2n) is 0.923. The van der Waals surface area contributed by atoms with Crippen LogP contribution in [0.25, 0.3) is 0 Å². The first-order chi connectivity index (χ1) is 3.39. The van der Waals surface area contributed by atoms with Gasteiger partial charge in [-0.25, -0.2) is 0 Å². The van der Waals surface area contributed by atoms with Crippen LogP contribution >= 0.6 is 11.5 Å². The minimum Gasteiger partial charge on any atom is -0.276 e. The summed E-state index contributed by atoms with van der Waals surface area (Å²) in [6, 6.07) is 1.37. The van der Waals surface area contributed by atoms with Crippen molar-refractivity contribution in [3.05, 3.63) is 21.8 Å². The fraction of sp³-hybridized carbons (Fsp3) is 0. The summed E-state index contributed by atoms with van der Waals surface area (Å²) in [5.41, 5.74) is 0. The minimum absolute atomic E-state index is 0.0602. The number of aromatic nitrogens is 2. The van der Waals surface area contributed by atoms with Gasteiger partial charge in [-0.15, -0.1) is 5.10 Å². The number of hydrogen-bond acceptors (Lipinski definition) is 4. The molecule has 1 rings (SSSR count). The molecule has 36 valence electrons. The molecule has 0 aliphatic rings. The molecule has 0 atom stereocenters. The third-order valence-electron chi connectivity index (χ3n) is 0.455. The van der Waals surface area contributed by atoms with E-state index < -0.39 is 0 Å². The molecule has 4 heteroatoms. The summed E-state index contributed by atoms with van der Waals surface area (Å²) in [4.78, 5) is 10.2. The highest BCUT2D eigenvalue weighted by atomic mass is 32.1. The van der Waals surface area contributed by atoms with Crippen molar-refractivity contribution in [1.82, 2.24) is 9.59 Å². The van der Waals surface area contributed by atoms with Crippen LogP contribution in [0.1, 0.15) is 0 Å². The van der Waals surface area contributed by atoms with E-state index in [1.165, 1.54) is 12.3 Å². The summed E-state index contributed by atoms with van der Waals surface area (Å²) in [5.74, 6) is 0. The van der Waals surface area contributed by atoms with E-state index in [1.807, 2.05) is 0 Å². The van der Waals surface area contributed by atoms with Gasteiger partial charge in [0.1, 0.15) is 0 Å². The van der Waals surface area contributed by atoms with E-state index in [0.717, 1.165) is 11.5 Å². The summed E-state index contributed by atoms with van der Waals surface area (Å²) in [6.45, 7) is 0. The highest BCUT2D eigenvalue weighted by molar-refractivity contribution is 7.02. The first-order valence-electron chi connectivity index (χ1n) is 1.67. The van der Waals surface area contributed by atoms with E-state index in [1.54, 1.807) is 0 Å². The topological polar surface area (TPSA) is 42.9 Å². The van der Waals surface area contributed by atoms with Crippen LogP contribution < -0.4 is 4.74 Å². The van der Waals surface area contributed by atoms with Crippen LogP contribution in [-0.2, 0) is 0 Å². The zero-order valence-electron chi connectivity index (χ0n) is 3.37. The predicted molar refractivity (Wildman–Crippen MR) is 26.2 cm³/mol. The third kappa shape index (κ3) is 1.04. The Labute approximate surface area is 43.8 Å². The molecule has 1 aromatic heterocycles. The summed E-state index contributed by atoms with van der Waals surface area (Å²) < 4.78 is 3.30. The van der Waals surface area contributed by atoms with Gasteiger partial charge < -0.3 is 0 Å². The number of rotatable bonds is 0. The molecule has 0 N–H and O–H groups in total. The van der Waals surface area contributed by atoms with E-state index in [2.05, 4.69) is 9.59 Å². The van der Waals surface area contributed by atoms with Gasteiger partial charge in [0.2, 0.25) is 0 Å². The van der Waals surface area contributed by atoms with Crippen LogP contribution in [-0.4, -0.2) is 9.59 Å². The standard InChI is InChI=1S/C3H2N2OS/c6-3-1-2-4-5-7-3/h1-2H. The molecule has 0 unspecified atom stereocenters. The van der Waals surface area contributed by atoms with Crippen LogP contribution in [0.2, 0.25) is 0 Å². The summed E-state index contributed by atoms with van der Waals surface area (Å²) in [5, 5.41) is 3.41. The van der Waals surface area contributed by atoms with Crippen LogP contribution in [0, 0.1) is 0 Å². The monoisotopic (exact) mass is 114 g/mol. The Hall–Kier alpha value is -0.770. The van der Waals surface area contributed by atoms with Gasteiger partial charge in [-0.2, -0.15) is 0 Å². The van der Waals surface area contributed by atoms with Crippen molar-refractivity contribution in [1.29, 1.82) is 0 Å². The van der Waals surface area contributed by atoms with Crippen LogP contribution in [0.3, 0.4) is 0 Å². The lowest BCUT2D eigenvalue weighted by Gasteiger charge is -1.67. The molecular formula is C3H2N2OS. The Morgan fingerprint density at radius 1 is 1.71 bits per heavy atom. The quantitative estimate of drug-likeness (QED) is 0.473. The molecule has 0 fully saturated rings. The van der Waals surface area contributed by atoms with Gasteiger partial charge in [0.05, 0.1) is 6.20 Å². The van der Waals surface area contributed by atoms with Crippen molar-refractivity contribution >= 4 is 11.5 Å². The molecule has 7 heavy (non-hydrogen) atoms. The minimum atomic E-state index is -0.0602. The average Bonchev–Trinajstić information content (AvgIpc) is 1.69. The van der Waals surface area contributed by atoms with E-state index in [0.29, 0.717) is 0 Å². The Kier molecular flexibility index (Phi) is 1.12. The van der Waals surface area contributed by atoms with Crippen LogP contribution in [0.15, 0.2) is 17.1 Å². The molecule has 0 aliphatic heterocycles.